The number of aromatic nitrogens is 2. The van der Waals surface area contributed by atoms with Gasteiger partial charge in [-0.05, 0) is 47.2 Å². The summed E-state index contributed by atoms with van der Waals surface area (Å²) in [6.45, 7) is 4.37. The van der Waals surface area contributed by atoms with Crippen molar-refractivity contribution in [2.45, 2.75) is 30.6 Å². The molecule has 1 fully saturated rings. The van der Waals surface area contributed by atoms with Gasteiger partial charge in [-0.15, -0.1) is 11.3 Å². The Labute approximate surface area is 212 Å². The zero-order valence-corrected chi connectivity index (χ0v) is 21.6. The molecule has 2 N–H and O–H groups in total. The maximum absolute atomic E-state index is 13.5. The fourth-order valence-electron chi connectivity index (χ4n) is 4.41. The van der Waals surface area contributed by atoms with Gasteiger partial charge in [-0.3, -0.25) is 4.79 Å². The van der Waals surface area contributed by atoms with Gasteiger partial charge in [0.2, 0.25) is 5.91 Å². The summed E-state index contributed by atoms with van der Waals surface area (Å²) >= 11 is 7.24. The molecule has 1 saturated heterocycles. The Morgan fingerprint density at radius 2 is 1.97 bits per heavy atom. The number of hydrogen-bond acceptors (Lipinski definition) is 7. The van der Waals surface area contributed by atoms with Crippen LogP contribution in [0.4, 0.5) is 5.82 Å². The zero-order chi connectivity index (χ0) is 24.9. The van der Waals surface area contributed by atoms with Gasteiger partial charge in [0.05, 0.1) is 12.1 Å². The van der Waals surface area contributed by atoms with E-state index in [0.29, 0.717) is 22.9 Å². The number of piperazine rings is 1. The number of nitrogen functional groups attached to an aromatic ring is 1. The molecule has 182 valence electrons. The molecule has 2 aromatic heterocycles. The van der Waals surface area contributed by atoms with E-state index in [1.807, 2.05) is 32.0 Å². The predicted octanol–water partition coefficient (Wildman–Crippen LogP) is 4.14. The second kappa shape index (κ2) is 9.02. The van der Waals surface area contributed by atoms with Gasteiger partial charge >= 0.3 is 0 Å². The average Bonchev–Trinajstić information content (AvgIpc) is 3.24. The lowest BCUT2D eigenvalue weighted by Crippen LogP contribution is -2.58. The van der Waals surface area contributed by atoms with Gasteiger partial charge in [-0.1, -0.05) is 37.6 Å². The number of nitrogens with zero attached hydrogens (tertiary/aromatic N) is 4. The van der Waals surface area contributed by atoms with Crippen molar-refractivity contribution in [3.05, 3.63) is 59.4 Å². The van der Waals surface area contributed by atoms with E-state index in [1.54, 1.807) is 29.2 Å². The van der Waals surface area contributed by atoms with Crippen molar-refractivity contribution >= 4 is 65.7 Å². The van der Waals surface area contributed by atoms with E-state index in [-0.39, 0.29) is 35.2 Å². The number of hydrogen-bond donors (Lipinski definition) is 1. The molecular formula is C24H24ClN5O3S2. The van der Waals surface area contributed by atoms with Gasteiger partial charge in [0.25, 0.3) is 10.0 Å². The minimum Gasteiger partial charge on any atom is -0.383 e. The lowest BCUT2D eigenvalue weighted by atomic mass is 9.99. The van der Waals surface area contributed by atoms with Crippen LogP contribution in [0.15, 0.2) is 53.0 Å². The Morgan fingerprint density at radius 1 is 1.17 bits per heavy atom. The van der Waals surface area contributed by atoms with E-state index >= 15 is 0 Å². The number of halogens is 1. The van der Waals surface area contributed by atoms with Gasteiger partial charge in [0.1, 0.15) is 16.4 Å². The van der Waals surface area contributed by atoms with Crippen LogP contribution in [0.25, 0.3) is 21.0 Å². The molecular weight excluding hydrogens is 506 g/mol. The number of rotatable bonds is 5. The first-order valence-electron chi connectivity index (χ1n) is 11.1. The van der Waals surface area contributed by atoms with E-state index in [0.717, 1.165) is 21.0 Å². The van der Waals surface area contributed by atoms with Gasteiger partial charge in [0.15, 0.2) is 0 Å². The molecule has 2 aromatic carbocycles. The van der Waals surface area contributed by atoms with Gasteiger partial charge in [0, 0.05) is 34.2 Å². The maximum atomic E-state index is 13.5. The molecule has 11 heteroatoms. The van der Waals surface area contributed by atoms with Crippen molar-refractivity contribution in [3.8, 4) is 0 Å². The summed E-state index contributed by atoms with van der Waals surface area (Å²) in [7, 11) is -3.84. The minimum atomic E-state index is -3.84. The molecule has 1 amide bonds. The molecule has 1 atom stereocenters. The fraction of sp³-hybridized carbons (Fsp3) is 0.292. The van der Waals surface area contributed by atoms with Crippen LogP contribution < -0.4 is 5.73 Å². The smallest absolute Gasteiger partial charge is 0.253 e. The molecule has 8 nitrogen and oxygen atoms in total. The summed E-state index contributed by atoms with van der Waals surface area (Å²) in [5, 5.41) is 2.11. The van der Waals surface area contributed by atoms with Gasteiger partial charge in [-0.25, -0.2) is 18.4 Å². The minimum absolute atomic E-state index is 0.0524. The number of amides is 1. The SMILES string of the molecule is CC(C)C1CN(S(=O)(=O)c2cc3ccc(Cl)cc3s2)CC(=O)N1Cc1ccc2c(N)ncnc2c1. The first-order chi connectivity index (χ1) is 16.6. The lowest BCUT2D eigenvalue weighted by molar-refractivity contribution is -0.139. The molecule has 4 aromatic rings. The molecule has 0 saturated carbocycles. The number of fused-ring (bicyclic) bond motifs is 2. The van der Waals surface area contributed by atoms with Gasteiger partial charge < -0.3 is 10.6 Å². The van der Waals surface area contributed by atoms with E-state index < -0.39 is 10.0 Å². The number of benzene rings is 2. The number of thiophene rings is 1. The molecule has 3 heterocycles. The van der Waals surface area contributed by atoms with Crippen molar-refractivity contribution in [3.63, 3.8) is 0 Å². The second-order valence-electron chi connectivity index (χ2n) is 8.99. The maximum Gasteiger partial charge on any atom is 0.253 e. The summed E-state index contributed by atoms with van der Waals surface area (Å²) in [6.07, 6.45) is 1.41. The van der Waals surface area contributed by atoms with Crippen LogP contribution in [0.1, 0.15) is 19.4 Å². The highest BCUT2D eigenvalue weighted by Gasteiger charge is 2.40. The largest absolute Gasteiger partial charge is 0.383 e. The summed E-state index contributed by atoms with van der Waals surface area (Å²) in [5.74, 6) is 0.224. The van der Waals surface area contributed by atoms with E-state index in [1.165, 1.54) is 22.0 Å². The first-order valence-corrected chi connectivity index (χ1v) is 13.7. The first kappa shape index (κ1) is 23.9. The van der Waals surface area contributed by atoms with Crippen LogP contribution in [0.3, 0.4) is 0 Å². The number of anilines is 1. The topological polar surface area (TPSA) is 109 Å². The van der Waals surface area contributed by atoms with Crippen LogP contribution in [-0.2, 0) is 21.4 Å². The van der Waals surface area contributed by atoms with Crippen LogP contribution in [0.5, 0.6) is 0 Å². The van der Waals surface area contributed by atoms with Crippen LogP contribution >= 0.6 is 22.9 Å². The van der Waals surface area contributed by atoms with Crippen molar-refractivity contribution in [1.29, 1.82) is 0 Å². The Balaban J connectivity index is 1.42. The number of sulfonamides is 1. The number of carbonyl (C=O) groups excluding carboxylic acids is 1. The summed E-state index contributed by atoms with van der Waals surface area (Å²) in [4.78, 5) is 23.4. The highest BCUT2D eigenvalue weighted by Crippen LogP contribution is 2.34. The predicted molar refractivity (Wildman–Crippen MR) is 139 cm³/mol. The Bertz CT molecular complexity index is 1550. The van der Waals surface area contributed by atoms with E-state index in [2.05, 4.69) is 9.97 Å². The zero-order valence-electron chi connectivity index (χ0n) is 19.2. The second-order valence-corrected chi connectivity index (χ2v) is 12.7. The van der Waals surface area contributed by atoms with Crippen molar-refractivity contribution in [2.75, 3.05) is 18.8 Å². The molecule has 0 spiro atoms. The van der Waals surface area contributed by atoms with E-state index in [4.69, 9.17) is 17.3 Å². The van der Waals surface area contributed by atoms with Gasteiger partial charge in [-0.2, -0.15) is 4.31 Å². The third-order valence-electron chi connectivity index (χ3n) is 6.33. The fourth-order valence-corrected chi connectivity index (χ4v) is 7.65. The molecule has 1 unspecified atom stereocenters. The third kappa shape index (κ3) is 4.47. The Morgan fingerprint density at radius 3 is 2.74 bits per heavy atom. The standard InChI is InChI=1S/C24H24ClN5O3S2/c1-14(2)20-11-29(35(32,33)23-8-16-4-5-17(25)9-21(16)34-23)12-22(31)30(20)10-15-3-6-18-19(7-15)27-13-28-24(18)26/h3-9,13-14,20H,10-12H2,1-2H3,(H2,26,27,28). The highest BCUT2D eigenvalue weighted by atomic mass is 35.5. The summed E-state index contributed by atoms with van der Waals surface area (Å²) in [5.41, 5.74) is 7.53. The quantitative estimate of drug-likeness (QED) is 0.416. The normalized spacial score (nSPS) is 17.7. The molecule has 5 rings (SSSR count). The number of nitrogens with two attached hydrogens (primary N) is 1. The van der Waals surface area contributed by atoms with Crippen LogP contribution in [0.2, 0.25) is 5.02 Å². The molecule has 1 aliphatic rings. The average molecular weight is 530 g/mol. The van der Waals surface area contributed by atoms with Crippen LogP contribution in [0, 0.1) is 5.92 Å². The molecule has 1 aliphatic heterocycles. The monoisotopic (exact) mass is 529 g/mol. The molecule has 35 heavy (non-hydrogen) atoms. The van der Waals surface area contributed by atoms with Crippen LogP contribution in [-0.4, -0.2) is 52.6 Å². The Kier molecular flexibility index (Phi) is 6.16. The van der Waals surface area contributed by atoms with Crippen molar-refractivity contribution < 1.29 is 13.2 Å². The molecule has 0 aliphatic carbocycles. The summed E-state index contributed by atoms with van der Waals surface area (Å²) < 4.78 is 29.3. The van der Waals surface area contributed by atoms with Crippen molar-refractivity contribution in [1.82, 2.24) is 19.2 Å². The van der Waals surface area contributed by atoms with Crippen molar-refractivity contribution in [2.24, 2.45) is 5.92 Å². The van der Waals surface area contributed by atoms with E-state index in [9.17, 15) is 13.2 Å². The highest BCUT2D eigenvalue weighted by molar-refractivity contribution is 7.91. The summed E-state index contributed by atoms with van der Waals surface area (Å²) in [6, 6.07) is 12.3. The molecule has 0 bridgehead atoms. The molecule has 0 radical (unpaired) electrons. The lowest BCUT2D eigenvalue weighted by Gasteiger charge is -2.42. The Hall–Kier alpha value is -2.79. The number of carbonyl (C=O) groups is 1. The third-order valence-corrected chi connectivity index (χ3v) is 9.92.